The lowest BCUT2D eigenvalue weighted by Crippen LogP contribution is -2.37. The molecule has 0 bridgehead atoms. The minimum atomic E-state index is -0.535. The van der Waals surface area contributed by atoms with Gasteiger partial charge in [-0.2, -0.15) is 4.99 Å². The molecule has 1 aliphatic rings. The Hall–Kier alpha value is -2.44. The SMILES string of the molecule is CC(C)(C)OC(=O)N=CC1CCCN(c2nnc3ccccn23)C1. The highest BCUT2D eigenvalue weighted by Gasteiger charge is 2.23. The van der Waals surface area contributed by atoms with Gasteiger partial charge >= 0.3 is 6.09 Å². The van der Waals surface area contributed by atoms with Crippen LogP contribution in [-0.2, 0) is 4.74 Å². The topological polar surface area (TPSA) is 72.1 Å². The molecule has 128 valence electrons. The molecule has 0 aromatic carbocycles. The van der Waals surface area contributed by atoms with Gasteiger partial charge in [-0.05, 0) is 45.7 Å². The van der Waals surface area contributed by atoms with E-state index in [1.165, 1.54) is 0 Å². The minimum Gasteiger partial charge on any atom is -0.442 e. The number of nitrogens with zero attached hydrogens (tertiary/aromatic N) is 5. The fraction of sp³-hybridized carbons (Fsp3) is 0.529. The average molecular weight is 329 g/mol. The first-order valence-electron chi connectivity index (χ1n) is 8.24. The average Bonchev–Trinajstić information content (AvgIpc) is 2.96. The standard InChI is InChI=1S/C17H23N5O2/c1-17(2,3)24-16(23)18-11-13-7-6-9-21(12-13)15-20-19-14-8-4-5-10-22(14)15/h4-5,8,10-11,13H,6-7,9,12H2,1-3H3. The molecule has 3 heterocycles. The van der Waals surface area contributed by atoms with Crippen molar-refractivity contribution in [1.82, 2.24) is 14.6 Å². The van der Waals surface area contributed by atoms with E-state index in [2.05, 4.69) is 20.1 Å². The van der Waals surface area contributed by atoms with E-state index < -0.39 is 11.7 Å². The molecule has 1 saturated heterocycles. The van der Waals surface area contributed by atoms with E-state index in [1.54, 1.807) is 6.21 Å². The number of hydrogen-bond acceptors (Lipinski definition) is 5. The molecule has 7 nitrogen and oxygen atoms in total. The lowest BCUT2D eigenvalue weighted by atomic mass is 10.00. The van der Waals surface area contributed by atoms with Crippen molar-refractivity contribution in [2.24, 2.45) is 10.9 Å². The normalized spacial score (nSPS) is 19.1. The predicted octanol–water partition coefficient (Wildman–Crippen LogP) is 2.95. The summed E-state index contributed by atoms with van der Waals surface area (Å²) in [5, 5.41) is 8.50. The highest BCUT2D eigenvalue weighted by Crippen LogP contribution is 2.21. The Morgan fingerprint density at radius 3 is 3.00 bits per heavy atom. The van der Waals surface area contributed by atoms with Crippen LogP contribution in [0.2, 0.25) is 0 Å². The molecule has 7 heteroatoms. The lowest BCUT2D eigenvalue weighted by molar-refractivity contribution is 0.0604. The quantitative estimate of drug-likeness (QED) is 0.792. The van der Waals surface area contributed by atoms with E-state index in [-0.39, 0.29) is 5.92 Å². The maximum atomic E-state index is 11.7. The molecule has 3 rings (SSSR count). The molecule has 0 aliphatic carbocycles. The maximum absolute atomic E-state index is 11.7. The number of aliphatic imine (C=N–C) groups is 1. The largest absolute Gasteiger partial charge is 0.442 e. The van der Waals surface area contributed by atoms with E-state index in [0.717, 1.165) is 37.5 Å². The fourth-order valence-electron chi connectivity index (χ4n) is 2.81. The molecule has 1 aliphatic heterocycles. The first-order valence-corrected chi connectivity index (χ1v) is 8.24. The molecule has 0 N–H and O–H groups in total. The summed E-state index contributed by atoms with van der Waals surface area (Å²) < 4.78 is 7.19. The van der Waals surface area contributed by atoms with E-state index in [4.69, 9.17) is 4.74 Å². The molecule has 2 aromatic heterocycles. The summed E-state index contributed by atoms with van der Waals surface area (Å²) in [6.07, 6.45) is 5.16. The summed E-state index contributed by atoms with van der Waals surface area (Å²) in [7, 11) is 0. The van der Waals surface area contributed by atoms with Crippen LogP contribution in [0.5, 0.6) is 0 Å². The Labute approximate surface area is 141 Å². The summed E-state index contributed by atoms with van der Waals surface area (Å²) in [6, 6.07) is 5.84. The number of carbonyl (C=O) groups excluding carboxylic acids is 1. The number of piperidine rings is 1. The zero-order valence-corrected chi connectivity index (χ0v) is 14.3. The Kier molecular flexibility index (Phi) is 4.51. The van der Waals surface area contributed by atoms with Crippen molar-refractivity contribution < 1.29 is 9.53 Å². The highest BCUT2D eigenvalue weighted by atomic mass is 16.6. The van der Waals surface area contributed by atoms with Gasteiger partial charge in [0.1, 0.15) is 5.60 Å². The monoisotopic (exact) mass is 329 g/mol. The number of hydrogen-bond donors (Lipinski definition) is 0. The number of anilines is 1. The van der Waals surface area contributed by atoms with Gasteiger partial charge in [0.25, 0.3) is 0 Å². The van der Waals surface area contributed by atoms with Gasteiger partial charge in [-0.1, -0.05) is 6.07 Å². The first kappa shape index (κ1) is 16.4. The van der Waals surface area contributed by atoms with Crippen LogP contribution in [0.15, 0.2) is 29.4 Å². The molecule has 1 atom stereocenters. The van der Waals surface area contributed by atoms with E-state index in [1.807, 2.05) is 49.6 Å². The third kappa shape index (κ3) is 3.90. The van der Waals surface area contributed by atoms with Crippen LogP contribution in [0.25, 0.3) is 5.65 Å². The molecule has 1 amide bonds. The van der Waals surface area contributed by atoms with Crippen molar-refractivity contribution in [3.8, 4) is 0 Å². The van der Waals surface area contributed by atoms with E-state index >= 15 is 0 Å². The molecule has 0 spiro atoms. The van der Waals surface area contributed by atoms with Crippen molar-refractivity contribution >= 4 is 23.9 Å². The van der Waals surface area contributed by atoms with Crippen LogP contribution in [0.4, 0.5) is 10.7 Å². The summed E-state index contributed by atoms with van der Waals surface area (Å²) in [5.41, 5.74) is 0.310. The van der Waals surface area contributed by atoms with Gasteiger partial charge < -0.3 is 9.64 Å². The third-order valence-electron chi connectivity index (χ3n) is 3.82. The Bertz CT molecular complexity index is 747. The second kappa shape index (κ2) is 6.59. The van der Waals surface area contributed by atoms with Gasteiger partial charge in [-0.15, -0.1) is 10.2 Å². The Balaban J connectivity index is 1.67. The van der Waals surface area contributed by atoms with Crippen molar-refractivity contribution in [2.45, 2.75) is 39.2 Å². The van der Waals surface area contributed by atoms with Crippen molar-refractivity contribution in [1.29, 1.82) is 0 Å². The number of pyridine rings is 1. The first-order chi connectivity index (χ1) is 11.4. The fourth-order valence-corrected chi connectivity index (χ4v) is 2.81. The zero-order valence-electron chi connectivity index (χ0n) is 14.3. The highest BCUT2D eigenvalue weighted by molar-refractivity contribution is 5.80. The summed E-state index contributed by atoms with van der Waals surface area (Å²) in [4.78, 5) is 17.9. The van der Waals surface area contributed by atoms with Gasteiger partial charge in [0, 0.05) is 31.4 Å². The van der Waals surface area contributed by atoms with Gasteiger partial charge in [-0.3, -0.25) is 4.40 Å². The molecule has 1 unspecified atom stereocenters. The number of rotatable bonds is 2. The molecule has 0 radical (unpaired) electrons. The second-order valence-corrected chi connectivity index (χ2v) is 7.04. The molecule has 1 fully saturated rings. The summed E-state index contributed by atoms with van der Waals surface area (Å²) in [6.45, 7) is 7.19. The lowest BCUT2D eigenvalue weighted by Gasteiger charge is -2.30. The number of aromatic nitrogens is 3. The van der Waals surface area contributed by atoms with E-state index in [0.29, 0.717) is 0 Å². The number of amides is 1. The van der Waals surface area contributed by atoms with Gasteiger partial charge in [0.2, 0.25) is 5.95 Å². The van der Waals surface area contributed by atoms with Crippen LogP contribution >= 0.6 is 0 Å². The van der Waals surface area contributed by atoms with Crippen molar-refractivity contribution in [3.05, 3.63) is 24.4 Å². The molecule has 24 heavy (non-hydrogen) atoms. The van der Waals surface area contributed by atoms with Crippen LogP contribution in [0.1, 0.15) is 33.6 Å². The molecule has 0 saturated carbocycles. The number of carbonyl (C=O) groups is 1. The minimum absolute atomic E-state index is 0.197. The van der Waals surface area contributed by atoms with Crippen LogP contribution in [-0.4, -0.2) is 45.6 Å². The third-order valence-corrected chi connectivity index (χ3v) is 3.82. The van der Waals surface area contributed by atoms with Crippen LogP contribution in [0.3, 0.4) is 0 Å². The predicted molar refractivity (Wildman–Crippen MR) is 92.7 cm³/mol. The van der Waals surface area contributed by atoms with Crippen molar-refractivity contribution in [3.63, 3.8) is 0 Å². The Morgan fingerprint density at radius 2 is 2.21 bits per heavy atom. The molecular weight excluding hydrogens is 306 g/mol. The zero-order chi connectivity index (χ0) is 17.2. The maximum Gasteiger partial charge on any atom is 0.433 e. The van der Waals surface area contributed by atoms with Gasteiger partial charge in [0.15, 0.2) is 5.65 Å². The molecule has 2 aromatic rings. The summed E-state index contributed by atoms with van der Waals surface area (Å²) >= 11 is 0. The number of fused-ring (bicyclic) bond motifs is 1. The number of ether oxygens (including phenoxy) is 1. The second-order valence-electron chi connectivity index (χ2n) is 7.04. The van der Waals surface area contributed by atoms with Gasteiger partial charge in [-0.25, -0.2) is 4.79 Å². The van der Waals surface area contributed by atoms with Gasteiger partial charge in [0.05, 0.1) is 0 Å². The smallest absolute Gasteiger partial charge is 0.433 e. The molecular formula is C17H23N5O2. The van der Waals surface area contributed by atoms with Crippen molar-refractivity contribution in [2.75, 3.05) is 18.0 Å². The summed E-state index contributed by atoms with van der Waals surface area (Å²) in [5.74, 6) is 1.03. The van der Waals surface area contributed by atoms with E-state index in [9.17, 15) is 4.79 Å². The van der Waals surface area contributed by atoms with Crippen LogP contribution < -0.4 is 4.90 Å². The van der Waals surface area contributed by atoms with Crippen LogP contribution in [0, 0.1) is 5.92 Å². The Morgan fingerprint density at radius 1 is 1.38 bits per heavy atom.